The molecule has 0 radical (unpaired) electrons. The van der Waals surface area contributed by atoms with Crippen molar-refractivity contribution in [3.63, 3.8) is 0 Å². The Morgan fingerprint density at radius 2 is 1.25 bits per heavy atom. The highest BCUT2D eigenvalue weighted by Gasteiger charge is 2.29. The second-order valence-corrected chi connectivity index (χ2v) is 4.90. The number of halogens is 5. The maximum Gasteiger partial charge on any atom is 0.200 e. The molecule has 1 aliphatic carbocycles. The maximum atomic E-state index is 13.5. The van der Waals surface area contributed by atoms with Crippen LogP contribution in [-0.4, -0.2) is 17.3 Å². The quantitative estimate of drug-likeness (QED) is 0.379. The van der Waals surface area contributed by atoms with Gasteiger partial charge in [-0.1, -0.05) is 19.3 Å². The molecule has 2 unspecified atom stereocenters. The molecular formula is C13H14F5NO. The van der Waals surface area contributed by atoms with Crippen molar-refractivity contribution in [1.29, 1.82) is 0 Å². The van der Waals surface area contributed by atoms with Crippen molar-refractivity contribution < 1.29 is 27.1 Å². The van der Waals surface area contributed by atoms with Gasteiger partial charge in [-0.3, -0.25) is 0 Å². The van der Waals surface area contributed by atoms with Gasteiger partial charge in [-0.05, 0) is 12.8 Å². The summed E-state index contributed by atoms with van der Waals surface area (Å²) in [6.45, 7) is 0. The summed E-state index contributed by atoms with van der Waals surface area (Å²) in [5, 5.41) is 12.1. The van der Waals surface area contributed by atoms with Gasteiger partial charge < -0.3 is 10.4 Å². The zero-order chi connectivity index (χ0) is 14.9. The van der Waals surface area contributed by atoms with Crippen LogP contribution >= 0.6 is 0 Å². The molecule has 2 atom stereocenters. The first-order valence-electron chi connectivity index (χ1n) is 6.39. The molecule has 1 saturated carbocycles. The van der Waals surface area contributed by atoms with Crippen molar-refractivity contribution in [2.45, 2.75) is 44.2 Å². The zero-order valence-corrected chi connectivity index (χ0v) is 10.5. The van der Waals surface area contributed by atoms with E-state index in [1.807, 2.05) is 0 Å². The molecule has 0 aromatic heterocycles. The van der Waals surface area contributed by atoms with E-state index in [0.29, 0.717) is 19.3 Å². The lowest BCUT2D eigenvalue weighted by molar-refractivity contribution is 0.144. The van der Waals surface area contributed by atoms with Gasteiger partial charge in [0, 0.05) is 0 Å². The SMILES string of the molecule is OC1CCCCCC1Nc1c(F)c(F)c(F)c(F)c1F. The first-order chi connectivity index (χ1) is 9.43. The number of anilines is 1. The van der Waals surface area contributed by atoms with Gasteiger partial charge in [0.05, 0.1) is 12.1 Å². The topological polar surface area (TPSA) is 32.3 Å². The van der Waals surface area contributed by atoms with Crippen LogP contribution in [0.25, 0.3) is 0 Å². The van der Waals surface area contributed by atoms with E-state index in [4.69, 9.17) is 0 Å². The fraction of sp³-hybridized carbons (Fsp3) is 0.538. The molecule has 0 amide bonds. The molecule has 0 spiro atoms. The molecule has 0 aliphatic heterocycles. The van der Waals surface area contributed by atoms with Crippen LogP contribution in [0.3, 0.4) is 0 Å². The molecule has 112 valence electrons. The third-order valence-corrected chi connectivity index (χ3v) is 3.52. The summed E-state index contributed by atoms with van der Waals surface area (Å²) in [4.78, 5) is 0. The summed E-state index contributed by atoms with van der Waals surface area (Å²) >= 11 is 0. The summed E-state index contributed by atoms with van der Waals surface area (Å²) in [6, 6.07) is -0.731. The number of hydrogen-bond acceptors (Lipinski definition) is 2. The van der Waals surface area contributed by atoms with Gasteiger partial charge in [-0.15, -0.1) is 0 Å². The summed E-state index contributed by atoms with van der Waals surface area (Å²) < 4.78 is 66.1. The average Bonchev–Trinajstić information content (AvgIpc) is 2.64. The molecule has 7 heteroatoms. The lowest BCUT2D eigenvalue weighted by Gasteiger charge is -2.23. The summed E-state index contributed by atoms with van der Waals surface area (Å²) in [7, 11) is 0. The molecule has 1 aromatic carbocycles. The second kappa shape index (κ2) is 5.95. The first kappa shape index (κ1) is 15.0. The van der Waals surface area contributed by atoms with Crippen LogP contribution in [0, 0.1) is 29.1 Å². The van der Waals surface area contributed by atoms with Crippen LogP contribution in [0.4, 0.5) is 27.6 Å². The fourth-order valence-electron chi connectivity index (χ4n) is 2.37. The molecule has 1 aliphatic rings. The predicted molar refractivity (Wildman–Crippen MR) is 62.7 cm³/mol. The van der Waals surface area contributed by atoms with E-state index in [9.17, 15) is 27.1 Å². The fourth-order valence-corrected chi connectivity index (χ4v) is 2.37. The summed E-state index contributed by atoms with van der Waals surface area (Å²) in [6.07, 6.45) is 2.27. The van der Waals surface area contributed by atoms with E-state index in [-0.39, 0.29) is 0 Å². The highest BCUT2D eigenvalue weighted by Crippen LogP contribution is 2.29. The van der Waals surface area contributed by atoms with Crippen molar-refractivity contribution in [3.05, 3.63) is 29.1 Å². The molecule has 2 nitrogen and oxygen atoms in total. The van der Waals surface area contributed by atoms with Crippen LogP contribution in [0.15, 0.2) is 0 Å². The summed E-state index contributed by atoms with van der Waals surface area (Å²) in [5.74, 6) is -9.98. The molecule has 2 N–H and O–H groups in total. The largest absolute Gasteiger partial charge is 0.391 e. The number of aliphatic hydroxyl groups excluding tert-OH is 1. The van der Waals surface area contributed by atoms with E-state index < -0.39 is 46.9 Å². The number of hydrogen-bond donors (Lipinski definition) is 2. The van der Waals surface area contributed by atoms with E-state index in [1.165, 1.54) is 0 Å². The van der Waals surface area contributed by atoms with Crippen LogP contribution in [0.1, 0.15) is 32.1 Å². The molecule has 1 aromatic rings. The van der Waals surface area contributed by atoms with Crippen molar-refractivity contribution >= 4 is 5.69 Å². The van der Waals surface area contributed by atoms with Gasteiger partial charge in [0.1, 0.15) is 5.69 Å². The van der Waals surface area contributed by atoms with Crippen LogP contribution in [0.2, 0.25) is 0 Å². The van der Waals surface area contributed by atoms with Crippen molar-refractivity contribution in [2.24, 2.45) is 0 Å². The van der Waals surface area contributed by atoms with Gasteiger partial charge in [0.2, 0.25) is 5.82 Å². The molecular weight excluding hydrogens is 281 g/mol. The van der Waals surface area contributed by atoms with Crippen molar-refractivity contribution in [2.75, 3.05) is 5.32 Å². The molecule has 0 heterocycles. The van der Waals surface area contributed by atoms with Gasteiger partial charge >= 0.3 is 0 Å². The van der Waals surface area contributed by atoms with Crippen LogP contribution in [-0.2, 0) is 0 Å². The Morgan fingerprint density at radius 1 is 0.750 bits per heavy atom. The summed E-state index contributed by atoms with van der Waals surface area (Å²) in [5.41, 5.74) is -1.08. The van der Waals surface area contributed by atoms with Crippen molar-refractivity contribution in [3.8, 4) is 0 Å². The molecule has 20 heavy (non-hydrogen) atoms. The zero-order valence-electron chi connectivity index (χ0n) is 10.5. The Morgan fingerprint density at radius 3 is 1.85 bits per heavy atom. The monoisotopic (exact) mass is 295 g/mol. The standard InChI is InChI=1S/C13H14F5NO/c14-8-9(15)11(17)13(12(18)10(8)16)19-6-4-2-1-3-5-7(6)20/h6-7,19-20H,1-5H2. The number of benzene rings is 1. The normalized spacial score (nSPS) is 23.5. The van der Waals surface area contributed by atoms with Crippen LogP contribution < -0.4 is 5.32 Å². The lowest BCUT2D eigenvalue weighted by Crippen LogP contribution is -2.33. The van der Waals surface area contributed by atoms with E-state index >= 15 is 0 Å². The minimum atomic E-state index is -2.19. The van der Waals surface area contributed by atoms with E-state index in [2.05, 4.69) is 5.32 Å². The number of nitrogens with one attached hydrogen (secondary N) is 1. The molecule has 0 saturated heterocycles. The minimum Gasteiger partial charge on any atom is -0.391 e. The third kappa shape index (κ3) is 2.72. The smallest absolute Gasteiger partial charge is 0.200 e. The second-order valence-electron chi connectivity index (χ2n) is 4.90. The number of aliphatic hydroxyl groups is 1. The van der Waals surface area contributed by atoms with E-state index in [0.717, 1.165) is 12.8 Å². The minimum absolute atomic E-state index is 0.403. The Kier molecular flexibility index (Phi) is 4.47. The Hall–Kier alpha value is -1.37. The maximum absolute atomic E-state index is 13.5. The van der Waals surface area contributed by atoms with Gasteiger partial charge in [0.15, 0.2) is 23.3 Å². The molecule has 2 rings (SSSR count). The highest BCUT2D eigenvalue weighted by molar-refractivity contribution is 5.48. The van der Waals surface area contributed by atoms with Gasteiger partial charge in [-0.25, -0.2) is 22.0 Å². The van der Waals surface area contributed by atoms with Gasteiger partial charge in [-0.2, -0.15) is 0 Å². The molecule has 0 bridgehead atoms. The molecule has 1 fully saturated rings. The number of rotatable bonds is 2. The van der Waals surface area contributed by atoms with Crippen molar-refractivity contribution in [1.82, 2.24) is 0 Å². The predicted octanol–water partition coefficient (Wildman–Crippen LogP) is 3.49. The lowest BCUT2D eigenvalue weighted by atomic mass is 10.1. The Labute approximate surface area is 112 Å². The Bertz CT molecular complexity index is 479. The van der Waals surface area contributed by atoms with E-state index in [1.54, 1.807) is 0 Å². The Balaban J connectivity index is 2.33. The van der Waals surface area contributed by atoms with Gasteiger partial charge in [0.25, 0.3) is 0 Å². The highest BCUT2D eigenvalue weighted by atomic mass is 19.2. The third-order valence-electron chi connectivity index (χ3n) is 3.52. The van der Waals surface area contributed by atoms with Crippen LogP contribution in [0.5, 0.6) is 0 Å². The average molecular weight is 295 g/mol. The first-order valence-corrected chi connectivity index (χ1v) is 6.39.